The standard InChI is InChI=1S/C24H16N2O/c25-15-21-22(16-26)24(18-11-5-2-6-12-18)20-14-8-7-13-19(20)23(21,27-24)17-9-3-1-4-10-17/h1-14,21-22H/t21-,22-,23-,24+/m0/s1. The summed E-state index contributed by atoms with van der Waals surface area (Å²) in [5.41, 5.74) is 1.92. The average Bonchev–Trinajstić information content (AvgIpc) is 3.23. The Hall–Kier alpha value is -3.40. The lowest BCUT2D eigenvalue weighted by atomic mass is 9.61. The van der Waals surface area contributed by atoms with Gasteiger partial charge in [0.05, 0.1) is 12.1 Å². The van der Waals surface area contributed by atoms with Crippen LogP contribution in [0.2, 0.25) is 0 Å². The molecule has 3 aromatic carbocycles. The molecule has 2 aliphatic rings. The van der Waals surface area contributed by atoms with Crippen LogP contribution < -0.4 is 0 Å². The lowest BCUT2D eigenvalue weighted by Gasteiger charge is -2.34. The van der Waals surface area contributed by atoms with Crippen LogP contribution in [0, 0.1) is 34.5 Å². The van der Waals surface area contributed by atoms with Crippen molar-refractivity contribution in [1.82, 2.24) is 0 Å². The van der Waals surface area contributed by atoms with Gasteiger partial charge in [0.2, 0.25) is 0 Å². The molecule has 2 heterocycles. The predicted octanol–water partition coefficient (Wildman–Crippen LogP) is 4.50. The van der Waals surface area contributed by atoms with Crippen LogP contribution in [0.1, 0.15) is 22.3 Å². The maximum Gasteiger partial charge on any atom is 0.137 e. The van der Waals surface area contributed by atoms with E-state index >= 15 is 0 Å². The van der Waals surface area contributed by atoms with Gasteiger partial charge in [0.25, 0.3) is 0 Å². The molecular formula is C24H16N2O. The van der Waals surface area contributed by atoms with Crippen molar-refractivity contribution in [3.63, 3.8) is 0 Å². The predicted molar refractivity (Wildman–Crippen MR) is 100 cm³/mol. The fourth-order valence-electron chi connectivity index (χ4n) is 4.92. The van der Waals surface area contributed by atoms with Gasteiger partial charge in [-0.25, -0.2) is 0 Å². The van der Waals surface area contributed by atoms with Gasteiger partial charge in [-0.3, -0.25) is 0 Å². The second-order valence-corrected chi connectivity index (χ2v) is 7.06. The molecule has 2 aliphatic heterocycles. The van der Waals surface area contributed by atoms with E-state index in [9.17, 15) is 10.5 Å². The first kappa shape index (κ1) is 15.8. The topological polar surface area (TPSA) is 56.8 Å². The van der Waals surface area contributed by atoms with E-state index in [0.29, 0.717) is 0 Å². The summed E-state index contributed by atoms with van der Waals surface area (Å²) < 4.78 is 6.85. The van der Waals surface area contributed by atoms with Gasteiger partial charge >= 0.3 is 0 Å². The number of hydrogen-bond donors (Lipinski definition) is 0. The number of nitriles is 2. The number of ether oxygens (including phenoxy) is 1. The van der Waals surface area contributed by atoms with Crippen LogP contribution in [-0.4, -0.2) is 0 Å². The summed E-state index contributed by atoms with van der Waals surface area (Å²) in [4.78, 5) is 0. The van der Waals surface area contributed by atoms with Crippen LogP contribution in [0.15, 0.2) is 84.9 Å². The first-order chi connectivity index (χ1) is 13.3. The molecule has 0 unspecified atom stereocenters. The average molecular weight is 348 g/mol. The molecule has 3 nitrogen and oxygen atoms in total. The highest BCUT2D eigenvalue weighted by molar-refractivity contribution is 5.59. The Labute approximate surface area is 158 Å². The van der Waals surface area contributed by atoms with Gasteiger partial charge < -0.3 is 4.74 Å². The molecule has 3 heteroatoms. The molecule has 0 amide bonds. The smallest absolute Gasteiger partial charge is 0.137 e. The fraction of sp³-hybridized carbons (Fsp3) is 0.167. The zero-order chi connectivity index (χ0) is 18.5. The molecule has 0 N–H and O–H groups in total. The van der Waals surface area contributed by atoms with Crippen molar-refractivity contribution in [3.05, 3.63) is 107 Å². The highest BCUT2D eigenvalue weighted by Gasteiger charge is 2.71. The maximum atomic E-state index is 10.1. The molecule has 1 saturated heterocycles. The van der Waals surface area contributed by atoms with Crippen molar-refractivity contribution in [2.24, 2.45) is 11.8 Å². The van der Waals surface area contributed by atoms with E-state index in [0.717, 1.165) is 22.3 Å². The Morgan fingerprint density at radius 3 is 1.33 bits per heavy atom. The molecule has 27 heavy (non-hydrogen) atoms. The summed E-state index contributed by atoms with van der Waals surface area (Å²) in [5.74, 6) is -1.19. The zero-order valence-corrected chi connectivity index (χ0v) is 14.5. The van der Waals surface area contributed by atoms with E-state index in [1.54, 1.807) is 0 Å². The maximum absolute atomic E-state index is 10.1. The molecule has 0 aliphatic carbocycles. The van der Waals surface area contributed by atoms with Gasteiger partial charge in [-0.1, -0.05) is 84.9 Å². The number of hydrogen-bond acceptors (Lipinski definition) is 3. The monoisotopic (exact) mass is 348 g/mol. The van der Waals surface area contributed by atoms with Crippen molar-refractivity contribution in [2.75, 3.05) is 0 Å². The van der Waals surface area contributed by atoms with Gasteiger partial charge in [0.1, 0.15) is 23.0 Å². The van der Waals surface area contributed by atoms with Crippen LogP contribution in [0.25, 0.3) is 0 Å². The van der Waals surface area contributed by atoms with E-state index in [1.165, 1.54) is 0 Å². The first-order valence-corrected chi connectivity index (χ1v) is 8.99. The number of fused-ring (bicyclic) bond motifs is 5. The largest absolute Gasteiger partial charge is 0.347 e. The highest BCUT2D eigenvalue weighted by atomic mass is 16.5. The van der Waals surface area contributed by atoms with Crippen molar-refractivity contribution >= 4 is 0 Å². The normalized spacial score (nSPS) is 30.3. The Kier molecular flexibility index (Phi) is 3.25. The fourth-order valence-corrected chi connectivity index (χ4v) is 4.92. The summed E-state index contributed by atoms with van der Waals surface area (Å²) >= 11 is 0. The van der Waals surface area contributed by atoms with E-state index < -0.39 is 23.0 Å². The third kappa shape index (κ3) is 1.77. The number of nitrogens with zero attached hydrogens (tertiary/aromatic N) is 2. The zero-order valence-electron chi connectivity index (χ0n) is 14.5. The third-order valence-electron chi connectivity index (χ3n) is 5.94. The lowest BCUT2D eigenvalue weighted by Crippen LogP contribution is -2.39. The van der Waals surface area contributed by atoms with E-state index in [4.69, 9.17) is 4.74 Å². The van der Waals surface area contributed by atoms with Gasteiger partial charge in [0, 0.05) is 0 Å². The molecule has 3 aromatic rings. The molecule has 2 bridgehead atoms. The summed E-state index contributed by atoms with van der Waals surface area (Å²) in [7, 11) is 0. The Morgan fingerprint density at radius 1 is 0.593 bits per heavy atom. The first-order valence-electron chi connectivity index (χ1n) is 8.99. The Morgan fingerprint density at radius 2 is 0.963 bits per heavy atom. The molecule has 1 fully saturated rings. The molecule has 128 valence electrons. The molecule has 0 spiro atoms. The molecular weight excluding hydrogens is 332 g/mol. The SMILES string of the molecule is N#C[C@H]1[C@H](C#N)[C@@]2(c3ccccc3)O[C@]1(c1ccccc1)c1ccccc12. The van der Waals surface area contributed by atoms with E-state index in [-0.39, 0.29) is 0 Å². The molecule has 0 saturated carbocycles. The van der Waals surface area contributed by atoms with Gasteiger partial charge in [0.15, 0.2) is 0 Å². The summed E-state index contributed by atoms with van der Waals surface area (Å²) in [6.07, 6.45) is 0. The number of benzene rings is 3. The van der Waals surface area contributed by atoms with Crippen LogP contribution >= 0.6 is 0 Å². The second kappa shape index (κ2) is 5.55. The van der Waals surface area contributed by atoms with Crippen LogP contribution in [0.3, 0.4) is 0 Å². The molecule has 0 radical (unpaired) electrons. The molecule has 0 aromatic heterocycles. The number of rotatable bonds is 2. The summed E-state index contributed by atoms with van der Waals surface area (Å²) in [5, 5.41) is 20.2. The van der Waals surface area contributed by atoms with E-state index in [1.807, 2.05) is 84.9 Å². The van der Waals surface area contributed by atoms with Crippen LogP contribution in [0.4, 0.5) is 0 Å². The Bertz CT molecular complexity index is 1010. The van der Waals surface area contributed by atoms with Crippen LogP contribution in [-0.2, 0) is 15.9 Å². The molecule has 5 rings (SSSR count). The van der Waals surface area contributed by atoms with Gasteiger partial charge in [-0.05, 0) is 22.3 Å². The van der Waals surface area contributed by atoms with Crippen molar-refractivity contribution in [3.8, 4) is 12.1 Å². The van der Waals surface area contributed by atoms with Gasteiger partial charge in [-0.2, -0.15) is 10.5 Å². The van der Waals surface area contributed by atoms with E-state index in [2.05, 4.69) is 12.1 Å². The van der Waals surface area contributed by atoms with Crippen molar-refractivity contribution in [2.45, 2.75) is 11.2 Å². The quantitative estimate of drug-likeness (QED) is 0.685. The highest BCUT2D eigenvalue weighted by Crippen LogP contribution is 2.68. The minimum absolute atomic E-state index is 0.597. The molecule has 4 atom stereocenters. The van der Waals surface area contributed by atoms with Crippen LogP contribution in [0.5, 0.6) is 0 Å². The summed E-state index contributed by atoms with van der Waals surface area (Å²) in [6, 6.07) is 32.5. The minimum Gasteiger partial charge on any atom is -0.347 e. The van der Waals surface area contributed by atoms with Crippen molar-refractivity contribution in [1.29, 1.82) is 10.5 Å². The summed E-state index contributed by atoms with van der Waals surface area (Å²) in [6.45, 7) is 0. The Balaban J connectivity index is 1.90. The van der Waals surface area contributed by atoms with Crippen molar-refractivity contribution < 1.29 is 4.74 Å². The second-order valence-electron chi connectivity index (χ2n) is 7.06. The van der Waals surface area contributed by atoms with Gasteiger partial charge in [-0.15, -0.1) is 0 Å². The third-order valence-corrected chi connectivity index (χ3v) is 5.94. The minimum atomic E-state index is -0.942. The lowest BCUT2D eigenvalue weighted by molar-refractivity contribution is -0.0508.